The Hall–Kier alpha value is -7.40. The van der Waals surface area contributed by atoms with Crippen LogP contribution in [0, 0.1) is 0 Å². The van der Waals surface area contributed by atoms with E-state index in [0.717, 1.165) is 56.8 Å². The van der Waals surface area contributed by atoms with Crippen molar-refractivity contribution in [3.8, 4) is 22.6 Å². The molecular weight excluding hydrogens is 737 g/mol. The van der Waals surface area contributed by atoms with Gasteiger partial charge in [0.15, 0.2) is 0 Å². The van der Waals surface area contributed by atoms with Crippen LogP contribution < -0.4 is 14.5 Å². The minimum Gasteiger partial charge on any atom is -0.457 e. The maximum absolute atomic E-state index is 6.79. The van der Waals surface area contributed by atoms with Crippen molar-refractivity contribution in [3.05, 3.63) is 241 Å². The van der Waals surface area contributed by atoms with Crippen LogP contribution in [0.5, 0.6) is 11.5 Å². The third-order valence-corrected chi connectivity index (χ3v) is 13.2. The second-order valence-corrected chi connectivity index (χ2v) is 16.3. The second-order valence-electron chi connectivity index (χ2n) is 15.3. The summed E-state index contributed by atoms with van der Waals surface area (Å²) in [5.74, 6) is 1.77. The molecule has 0 saturated carbocycles. The highest BCUT2D eigenvalue weighted by Gasteiger charge is 2.51. The number of fused-ring (bicyclic) bond motifs is 12. The van der Waals surface area contributed by atoms with E-state index in [4.69, 9.17) is 4.74 Å². The molecule has 1 aliphatic carbocycles. The normalized spacial score (nSPS) is 13.0. The van der Waals surface area contributed by atoms with Gasteiger partial charge in [0.05, 0.1) is 5.41 Å². The molecule has 0 N–H and O–H groups in total. The minimum absolute atomic E-state index is 0.545. The smallest absolute Gasteiger partial charge is 0.132 e. The van der Waals surface area contributed by atoms with E-state index in [1.165, 1.54) is 42.4 Å². The van der Waals surface area contributed by atoms with Crippen molar-refractivity contribution in [3.63, 3.8) is 0 Å². The summed E-state index contributed by atoms with van der Waals surface area (Å²) in [7, 11) is 0. The molecule has 1 aromatic heterocycles. The van der Waals surface area contributed by atoms with Gasteiger partial charge in [0, 0.05) is 65.4 Å². The fourth-order valence-electron chi connectivity index (χ4n) is 9.64. The van der Waals surface area contributed by atoms with Crippen molar-refractivity contribution < 1.29 is 4.74 Å². The summed E-state index contributed by atoms with van der Waals surface area (Å²) >= 11 is 1.85. The Balaban J connectivity index is 1.03. The lowest BCUT2D eigenvalue weighted by Gasteiger charge is -2.40. The standard InChI is InChI=1S/C55H36N2OS/c1-4-16-37(17-5-1)56(38-18-6-2-7-19-38)40-30-33-53-46(34-40)45-31-28-42(36-54(45)59-53)57(39-20-8-3-9-21-39)41-29-32-52-50(35-41)55(49-26-14-15-27-51(49)58-52)47-24-12-10-22-43(47)44-23-11-13-25-48(44)55/h1-36H. The van der Waals surface area contributed by atoms with Crippen LogP contribution in [0.4, 0.5) is 34.1 Å². The molecule has 0 bridgehead atoms. The van der Waals surface area contributed by atoms with Gasteiger partial charge in [-0.25, -0.2) is 0 Å². The van der Waals surface area contributed by atoms with Crippen LogP contribution in [-0.2, 0) is 5.41 Å². The Bertz CT molecular complexity index is 3130. The average Bonchev–Trinajstić information content (AvgIpc) is 3.81. The summed E-state index contributed by atoms with van der Waals surface area (Å²) in [4.78, 5) is 4.73. The summed E-state index contributed by atoms with van der Waals surface area (Å²) in [5, 5.41) is 2.50. The molecule has 278 valence electrons. The summed E-state index contributed by atoms with van der Waals surface area (Å²) < 4.78 is 9.30. The molecule has 0 unspecified atom stereocenters. The molecule has 2 aliphatic rings. The third-order valence-electron chi connectivity index (χ3n) is 12.1. The van der Waals surface area contributed by atoms with Crippen molar-refractivity contribution in [1.29, 1.82) is 0 Å². The first-order valence-electron chi connectivity index (χ1n) is 20.1. The van der Waals surface area contributed by atoms with Crippen molar-refractivity contribution in [1.82, 2.24) is 0 Å². The van der Waals surface area contributed by atoms with E-state index in [9.17, 15) is 0 Å². The minimum atomic E-state index is -0.545. The van der Waals surface area contributed by atoms with E-state index in [0.29, 0.717) is 0 Å². The van der Waals surface area contributed by atoms with Crippen LogP contribution in [0.3, 0.4) is 0 Å². The molecule has 0 atom stereocenters. The summed E-state index contributed by atoms with van der Waals surface area (Å²) in [6.07, 6.45) is 0. The molecule has 1 spiro atoms. The van der Waals surface area contributed by atoms with Crippen LogP contribution in [0.25, 0.3) is 31.3 Å². The highest BCUT2D eigenvalue weighted by atomic mass is 32.1. The number of anilines is 6. The van der Waals surface area contributed by atoms with Gasteiger partial charge in [0.1, 0.15) is 11.5 Å². The Morgan fingerprint density at radius 1 is 0.322 bits per heavy atom. The zero-order valence-electron chi connectivity index (χ0n) is 32.0. The van der Waals surface area contributed by atoms with Gasteiger partial charge in [-0.1, -0.05) is 127 Å². The van der Waals surface area contributed by atoms with Crippen LogP contribution in [0.15, 0.2) is 218 Å². The Morgan fingerprint density at radius 2 is 0.797 bits per heavy atom. The lowest BCUT2D eigenvalue weighted by Crippen LogP contribution is -2.32. The number of para-hydroxylation sites is 4. The predicted molar refractivity (Wildman–Crippen MR) is 246 cm³/mol. The van der Waals surface area contributed by atoms with Crippen LogP contribution in [0.2, 0.25) is 0 Å². The number of ether oxygens (including phenoxy) is 1. The molecule has 4 heteroatoms. The summed E-state index contributed by atoms with van der Waals surface area (Å²) in [5.41, 5.74) is 13.5. The van der Waals surface area contributed by atoms with Crippen molar-refractivity contribution in [2.75, 3.05) is 9.80 Å². The van der Waals surface area contributed by atoms with Gasteiger partial charge in [0.25, 0.3) is 0 Å². The largest absolute Gasteiger partial charge is 0.457 e. The van der Waals surface area contributed by atoms with E-state index >= 15 is 0 Å². The fourth-order valence-corrected chi connectivity index (χ4v) is 10.8. The van der Waals surface area contributed by atoms with Crippen LogP contribution in [0.1, 0.15) is 22.3 Å². The van der Waals surface area contributed by atoms with Gasteiger partial charge in [0.2, 0.25) is 0 Å². The van der Waals surface area contributed by atoms with Gasteiger partial charge in [-0.3, -0.25) is 0 Å². The maximum Gasteiger partial charge on any atom is 0.132 e. The lowest BCUT2D eigenvalue weighted by atomic mass is 9.66. The zero-order chi connectivity index (χ0) is 38.9. The van der Waals surface area contributed by atoms with Gasteiger partial charge >= 0.3 is 0 Å². The topological polar surface area (TPSA) is 15.7 Å². The Morgan fingerprint density at radius 3 is 1.44 bits per heavy atom. The first-order valence-corrected chi connectivity index (χ1v) is 20.9. The summed E-state index contributed by atoms with van der Waals surface area (Å²) in [6, 6.07) is 78.9. The molecule has 1 aliphatic heterocycles. The van der Waals surface area contributed by atoms with Gasteiger partial charge in [-0.2, -0.15) is 0 Å². The van der Waals surface area contributed by atoms with Crippen molar-refractivity contribution >= 4 is 65.6 Å². The van der Waals surface area contributed by atoms with Gasteiger partial charge < -0.3 is 14.5 Å². The molecule has 0 saturated heterocycles. The summed E-state index contributed by atoms with van der Waals surface area (Å²) in [6.45, 7) is 0. The van der Waals surface area contributed by atoms with E-state index in [2.05, 4.69) is 228 Å². The molecule has 0 radical (unpaired) electrons. The molecule has 59 heavy (non-hydrogen) atoms. The number of rotatable bonds is 6. The monoisotopic (exact) mass is 772 g/mol. The van der Waals surface area contributed by atoms with E-state index < -0.39 is 5.41 Å². The van der Waals surface area contributed by atoms with Crippen molar-refractivity contribution in [2.24, 2.45) is 0 Å². The van der Waals surface area contributed by atoms with Gasteiger partial charge in [-0.05, 0) is 113 Å². The molecule has 10 aromatic rings. The molecular formula is C55H36N2OS. The number of hydrogen-bond acceptors (Lipinski definition) is 4. The highest BCUT2D eigenvalue weighted by molar-refractivity contribution is 7.25. The van der Waals surface area contributed by atoms with E-state index in [-0.39, 0.29) is 0 Å². The van der Waals surface area contributed by atoms with Crippen molar-refractivity contribution in [2.45, 2.75) is 5.41 Å². The van der Waals surface area contributed by atoms with E-state index in [1.54, 1.807) is 0 Å². The van der Waals surface area contributed by atoms with Gasteiger partial charge in [-0.15, -0.1) is 11.3 Å². The SMILES string of the molecule is c1ccc(N(c2ccc3c(c2)C2(c4ccccc4O3)c3ccccc3-c3ccccc32)c2ccc3c(c2)sc2ccc(N(c4ccccc4)c4ccccc4)cc23)cc1. The highest BCUT2D eigenvalue weighted by Crippen LogP contribution is 2.62. The quantitative estimate of drug-likeness (QED) is 0.167. The molecule has 12 rings (SSSR count). The first-order chi connectivity index (χ1) is 29.3. The van der Waals surface area contributed by atoms with E-state index in [1.807, 2.05) is 11.3 Å². The fraction of sp³-hybridized carbons (Fsp3) is 0.0182. The van der Waals surface area contributed by atoms with Crippen LogP contribution in [-0.4, -0.2) is 0 Å². The Kier molecular flexibility index (Phi) is 7.62. The number of thiophene rings is 1. The molecule has 0 amide bonds. The third kappa shape index (κ3) is 5.13. The van der Waals surface area contributed by atoms with Crippen LogP contribution >= 0.6 is 11.3 Å². The molecule has 9 aromatic carbocycles. The number of benzene rings is 9. The lowest BCUT2D eigenvalue weighted by molar-refractivity contribution is 0.436. The zero-order valence-corrected chi connectivity index (χ0v) is 32.8. The molecule has 0 fully saturated rings. The average molecular weight is 773 g/mol. The second kappa shape index (κ2) is 13.3. The number of hydrogen-bond donors (Lipinski definition) is 0. The Labute approximate surface area is 347 Å². The first kappa shape index (κ1) is 33.7. The number of nitrogens with zero attached hydrogens (tertiary/aromatic N) is 2. The molecule has 3 nitrogen and oxygen atoms in total. The maximum atomic E-state index is 6.79. The molecule has 2 heterocycles. The predicted octanol–water partition coefficient (Wildman–Crippen LogP) is 15.5.